The maximum absolute atomic E-state index is 12.7. The summed E-state index contributed by atoms with van der Waals surface area (Å²) in [5.41, 5.74) is 0.392. The lowest BCUT2D eigenvalue weighted by atomic mass is 9.49. The van der Waals surface area contributed by atoms with Crippen LogP contribution >= 0.6 is 0 Å². The zero-order valence-corrected chi connectivity index (χ0v) is 17.4. The fourth-order valence-electron chi connectivity index (χ4n) is 5.65. The highest BCUT2D eigenvalue weighted by atomic mass is 127. The molecule has 0 spiro atoms. The largest absolute Gasteiger partial charge is 1.00 e. The summed E-state index contributed by atoms with van der Waals surface area (Å²) in [5, 5.41) is 2.83. The summed E-state index contributed by atoms with van der Waals surface area (Å²) in [6.45, 7) is 0.612. The van der Waals surface area contributed by atoms with Crippen LogP contribution in [0.1, 0.15) is 48.9 Å². The van der Waals surface area contributed by atoms with E-state index in [-0.39, 0.29) is 47.9 Å². The Bertz CT molecular complexity index is 656. The number of carbonyl (C=O) groups is 2. The minimum Gasteiger partial charge on any atom is -1.00 e. The van der Waals surface area contributed by atoms with E-state index in [1.54, 1.807) is 12.3 Å². The van der Waals surface area contributed by atoms with Crippen LogP contribution in [0.25, 0.3) is 0 Å². The monoisotopic (exact) mass is 470 g/mol. The molecule has 4 aliphatic rings. The normalized spacial score (nSPS) is 31.2. The SMILES string of the molecule is C[n+]1cccc(C(=O)NCCOC(=O)C23CC4CC(CC(C4)C2)C3)c1.[I-]. The molecule has 0 saturated heterocycles. The van der Waals surface area contributed by atoms with Crippen LogP contribution in [0.2, 0.25) is 0 Å². The van der Waals surface area contributed by atoms with E-state index < -0.39 is 0 Å². The van der Waals surface area contributed by atoms with E-state index in [0.717, 1.165) is 37.0 Å². The highest BCUT2D eigenvalue weighted by Crippen LogP contribution is 2.60. The lowest BCUT2D eigenvalue weighted by molar-refractivity contribution is -0.671. The van der Waals surface area contributed by atoms with Crippen LogP contribution < -0.4 is 33.9 Å². The van der Waals surface area contributed by atoms with Crippen molar-refractivity contribution < 1.29 is 42.9 Å². The van der Waals surface area contributed by atoms with Crippen LogP contribution in [0, 0.1) is 23.2 Å². The number of hydrogen-bond donors (Lipinski definition) is 1. The number of halogens is 1. The summed E-state index contributed by atoms with van der Waals surface area (Å²) >= 11 is 0. The van der Waals surface area contributed by atoms with Crippen LogP contribution in [-0.2, 0) is 16.6 Å². The van der Waals surface area contributed by atoms with Gasteiger partial charge in [0.2, 0.25) is 0 Å². The smallest absolute Gasteiger partial charge is 0.312 e. The number of nitrogens with one attached hydrogen (secondary N) is 1. The molecule has 0 radical (unpaired) electrons. The molecular weight excluding hydrogens is 443 g/mol. The molecule has 4 bridgehead atoms. The number of pyridine rings is 1. The summed E-state index contributed by atoms with van der Waals surface area (Å²) in [5.74, 6) is 2.04. The Morgan fingerprint density at radius 2 is 1.81 bits per heavy atom. The summed E-state index contributed by atoms with van der Waals surface area (Å²) < 4.78 is 7.41. The molecule has 142 valence electrons. The fraction of sp³-hybridized carbons (Fsp3) is 0.650. The Kier molecular flexibility index (Phi) is 5.89. The number of nitrogens with zero attached hydrogens (tertiary/aromatic N) is 1. The van der Waals surface area contributed by atoms with Crippen molar-refractivity contribution in [1.82, 2.24) is 5.32 Å². The zero-order valence-electron chi connectivity index (χ0n) is 15.2. The van der Waals surface area contributed by atoms with Gasteiger partial charge < -0.3 is 34.0 Å². The van der Waals surface area contributed by atoms with Gasteiger partial charge in [0, 0.05) is 6.07 Å². The Morgan fingerprint density at radius 3 is 2.38 bits per heavy atom. The van der Waals surface area contributed by atoms with Crippen LogP contribution in [-0.4, -0.2) is 25.0 Å². The summed E-state index contributed by atoms with van der Waals surface area (Å²) in [7, 11) is 1.88. The van der Waals surface area contributed by atoms with Crippen molar-refractivity contribution in [3.05, 3.63) is 30.1 Å². The van der Waals surface area contributed by atoms with Crippen molar-refractivity contribution in [2.45, 2.75) is 38.5 Å². The molecule has 0 atom stereocenters. The third kappa shape index (κ3) is 3.89. The Hall–Kier alpha value is -1.18. The number of rotatable bonds is 5. The van der Waals surface area contributed by atoms with Crippen molar-refractivity contribution in [2.24, 2.45) is 30.2 Å². The number of carbonyl (C=O) groups excluding carboxylic acids is 2. The lowest BCUT2D eigenvalue weighted by Crippen LogP contribution is -3.00. The van der Waals surface area contributed by atoms with Gasteiger partial charge in [-0.15, -0.1) is 0 Å². The molecule has 1 heterocycles. The number of esters is 1. The van der Waals surface area contributed by atoms with Crippen LogP contribution in [0.15, 0.2) is 24.5 Å². The van der Waals surface area contributed by atoms with Crippen molar-refractivity contribution in [3.63, 3.8) is 0 Å². The first-order valence-electron chi connectivity index (χ1n) is 9.45. The van der Waals surface area contributed by atoms with Gasteiger partial charge in [0.25, 0.3) is 5.91 Å². The number of ether oxygens (including phenoxy) is 1. The molecule has 6 heteroatoms. The second kappa shape index (κ2) is 7.82. The summed E-state index contributed by atoms with van der Waals surface area (Å²) in [6.07, 6.45) is 10.7. The van der Waals surface area contributed by atoms with Gasteiger partial charge in [-0.2, -0.15) is 0 Å². The second-order valence-electron chi connectivity index (χ2n) is 8.35. The van der Waals surface area contributed by atoms with E-state index in [9.17, 15) is 9.59 Å². The molecule has 5 rings (SSSR count). The molecule has 1 aromatic rings. The predicted octanol–water partition coefficient (Wildman–Crippen LogP) is -0.995. The lowest BCUT2D eigenvalue weighted by Gasteiger charge is -2.55. The maximum Gasteiger partial charge on any atom is 0.312 e. The molecule has 4 fully saturated rings. The van der Waals surface area contributed by atoms with Crippen LogP contribution in [0.4, 0.5) is 0 Å². The molecule has 26 heavy (non-hydrogen) atoms. The van der Waals surface area contributed by atoms with Gasteiger partial charge in [-0.3, -0.25) is 9.59 Å². The van der Waals surface area contributed by atoms with Gasteiger partial charge in [0.05, 0.1) is 12.0 Å². The van der Waals surface area contributed by atoms with E-state index in [1.165, 1.54) is 19.3 Å². The van der Waals surface area contributed by atoms with Crippen molar-refractivity contribution >= 4 is 11.9 Å². The van der Waals surface area contributed by atoms with E-state index >= 15 is 0 Å². The number of hydrogen-bond acceptors (Lipinski definition) is 3. The molecular formula is C20H27IN2O3. The van der Waals surface area contributed by atoms with E-state index in [4.69, 9.17) is 4.74 Å². The number of aromatic nitrogens is 1. The van der Waals surface area contributed by atoms with Crippen LogP contribution in [0.5, 0.6) is 0 Å². The first-order valence-corrected chi connectivity index (χ1v) is 9.45. The Labute approximate surface area is 171 Å². The molecule has 4 aliphatic carbocycles. The Morgan fingerprint density at radius 1 is 1.19 bits per heavy atom. The minimum absolute atomic E-state index is 0. The molecule has 1 N–H and O–H groups in total. The number of amides is 1. The van der Waals surface area contributed by atoms with Gasteiger partial charge in [0.15, 0.2) is 12.4 Å². The van der Waals surface area contributed by atoms with Crippen LogP contribution in [0.3, 0.4) is 0 Å². The van der Waals surface area contributed by atoms with E-state index in [1.807, 2.05) is 23.9 Å². The average molecular weight is 470 g/mol. The fourth-order valence-corrected chi connectivity index (χ4v) is 5.65. The standard InChI is InChI=1S/C20H26N2O3.HI/c1-22-5-2-3-17(13-22)18(23)21-4-6-25-19(24)20-10-14-7-15(11-20)9-16(8-14)12-20;/h2-3,5,13-16H,4,6-12H2,1H3;1H. The molecule has 0 aromatic carbocycles. The highest BCUT2D eigenvalue weighted by Gasteiger charge is 2.55. The summed E-state index contributed by atoms with van der Waals surface area (Å²) in [4.78, 5) is 24.8. The molecule has 1 amide bonds. The van der Waals surface area contributed by atoms with Crippen molar-refractivity contribution in [2.75, 3.05) is 13.2 Å². The first-order chi connectivity index (χ1) is 12.0. The molecule has 5 nitrogen and oxygen atoms in total. The minimum atomic E-state index is -0.216. The van der Waals surface area contributed by atoms with Gasteiger partial charge >= 0.3 is 5.97 Å². The first kappa shape index (κ1) is 19.6. The van der Waals surface area contributed by atoms with Gasteiger partial charge in [-0.1, -0.05) is 0 Å². The van der Waals surface area contributed by atoms with E-state index in [2.05, 4.69) is 5.32 Å². The zero-order chi connectivity index (χ0) is 17.4. The second-order valence-corrected chi connectivity index (χ2v) is 8.35. The van der Waals surface area contributed by atoms with Gasteiger partial charge in [-0.05, 0) is 62.3 Å². The Balaban J connectivity index is 0.00000196. The van der Waals surface area contributed by atoms with Gasteiger partial charge in [-0.25, -0.2) is 4.57 Å². The van der Waals surface area contributed by atoms with Gasteiger partial charge in [0.1, 0.15) is 19.2 Å². The molecule has 4 saturated carbocycles. The molecule has 1 aromatic heterocycles. The maximum atomic E-state index is 12.7. The van der Waals surface area contributed by atoms with Crippen molar-refractivity contribution in [3.8, 4) is 0 Å². The third-order valence-electron chi connectivity index (χ3n) is 6.29. The highest BCUT2D eigenvalue weighted by molar-refractivity contribution is 5.93. The summed E-state index contributed by atoms with van der Waals surface area (Å²) in [6, 6.07) is 3.61. The topological polar surface area (TPSA) is 59.3 Å². The number of aryl methyl sites for hydroxylation is 1. The van der Waals surface area contributed by atoms with E-state index in [0.29, 0.717) is 12.1 Å². The third-order valence-corrected chi connectivity index (χ3v) is 6.29. The molecule has 0 unspecified atom stereocenters. The quantitative estimate of drug-likeness (QED) is 0.260. The molecule has 0 aliphatic heterocycles. The predicted molar refractivity (Wildman–Crippen MR) is 91.5 cm³/mol. The van der Waals surface area contributed by atoms with Crippen molar-refractivity contribution in [1.29, 1.82) is 0 Å². The average Bonchev–Trinajstić information content (AvgIpc) is 2.57.